The molecule has 1 aromatic carbocycles. The van der Waals surface area contributed by atoms with E-state index >= 15 is 0 Å². The first kappa shape index (κ1) is 15.4. The molecule has 1 aromatic rings. The fraction of sp³-hybridized carbons (Fsp3) is 0.353. The molecule has 23 heavy (non-hydrogen) atoms. The number of amides is 3. The van der Waals surface area contributed by atoms with Gasteiger partial charge in [-0.05, 0) is 31.2 Å². The fourth-order valence-corrected chi connectivity index (χ4v) is 3.08. The third-order valence-electron chi connectivity index (χ3n) is 4.33. The first-order chi connectivity index (χ1) is 11.0. The summed E-state index contributed by atoms with van der Waals surface area (Å²) in [5.41, 5.74) is 1.07. The number of nitrogens with zero attached hydrogens (tertiary/aromatic N) is 3. The normalized spacial score (nSPS) is 21.5. The number of carbonyl (C=O) groups excluding carboxylic acids is 3. The van der Waals surface area contributed by atoms with Crippen LogP contribution in [0.25, 0.3) is 0 Å². The predicted octanol–water partition coefficient (Wildman–Crippen LogP) is 1.53. The molecule has 2 saturated heterocycles. The summed E-state index contributed by atoms with van der Waals surface area (Å²) in [6.07, 6.45) is 1.80. The number of rotatable bonds is 4. The van der Waals surface area contributed by atoms with Gasteiger partial charge in [-0.15, -0.1) is 6.58 Å². The summed E-state index contributed by atoms with van der Waals surface area (Å²) in [4.78, 5) is 41.5. The minimum Gasteiger partial charge on any atom is -0.309 e. The zero-order valence-electron chi connectivity index (χ0n) is 13.1. The number of anilines is 1. The van der Waals surface area contributed by atoms with Gasteiger partial charge in [-0.2, -0.15) is 0 Å². The molecule has 120 valence electrons. The zero-order chi connectivity index (χ0) is 16.6. The van der Waals surface area contributed by atoms with Crippen LogP contribution in [-0.4, -0.2) is 59.7 Å². The van der Waals surface area contributed by atoms with Crippen LogP contribution in [0.4, 0.5) is 10.5 Å². The van der Waals surface area contributed by atoms with Gasteiger partial charge in [0.1, 0.15) is 6.04 Å². The van der Waals surface area contributed by atoms with Crippen LogP contribution in [0, 0.1) is 0 Å². The van der Waals surface area contributed by atoms with E-state index in [-0.39, 0.29) is 17.7 Å². The summed E-state index contributed by atoms with van der Waals surface area (Å²) in [6.45, 7) is 7.70. The van der Waals surface area contributed by atoms with Gasteiger partial charge >= 0.3 is 6.03 Å². The summed E-state index contributed by atoms with van der Waals surface area (Å²) in [5, 5.41) is 0. The van der Waals surface area contributed by atoms with E-state index in [4.69, 9.17) is 0 Å². The second kappa shape index (κ2) is 5.96. The number of Topliss-reactive ketones (excluding diaryl/α,β-unsaturated/α-hetero) is 1. The molecule has 2 heterocycles. The molecule has 0 bridgehead atoms. The Bertz CT molecular complexity index is 668. The van der Waals surface area contributed by atoms with E-state index in [0.29, 0.717) is 30.9 Å². The quantitative estimate of drug-likeness (QED) is 0.480. The zero-order valence-corrected chi connectivity index (χ0v) is 13.1. The van der Waals surface area contributed by atoms with Crippen LogP contribution in [0.5, 0.6) is 0 Å². The van der Waals surface area contributed by atoms with Crippen molar-refractivity contribution in [1.29, 1.82) is 0 Å². The van der Waals surface area contributed by atoms with Crippen molar-refractivity contribution in [3.63, 3.8) is 0 Å². The summed E-state index contributed by atoms with van der Waals surface area (Å²) >= 11 is 0. The standard InChI is InChI=1S/C17H19N3O3/c1-3-8-18-9-10-19-15(11-18)16(22)20(17(19)23)14-6-4-13(5-7-14)12(2)21/h3-7,15H,1,8-11H2,2H3. The highest BCUT2D eigenvalue weighted by atomic mass is 16.2. The maximum absolute atomic E-state index is 12.7. The summed E-state index contributed by atoms with van der Waals surface area (Å²) < 4.78 is 0. The lowest BCUT2D eigenvalue weighted by Crippen LogP contribution is -2.52. The maximum Gasteiger partial charge on any atom is 0.332 e. The number of carbonyl (C=O) groups is 3. The minimum absolute atomic E-state index is 0.0480. The van der Waals surface area contributed by atoms with Crippen LogP contribution < -0.4 is 4.90 Å². The van der Waals surface area contributed by atoms with Gasteiger partial charge in [0.25, 0.3) is 5.91 Å². The molecular weight excluding hydrogens is 294 g/mol. The monoisotopic (exact) mass is 313 g/mol. The lowest BCUT2D eigenvalue weighted by Gasteiger charge is -2.34. The smallest absolute Gasteiger partial charge is 0.309 e. The van der Waals surface area contributed by atoms with Crippen LogP contribution in [0.15, 0.2) is 36.9 Å². The summed E-state index contributed by atoms with van der Waals surface area (Å²) in [7, 11) is 0. The Morgan fingerprint density at radius 1 is 1.26 bits per heavy atom. The topological polar surface area (TPSA) is 60.9 Å². The molecule has 2 aliphatic rings. The van der Waals surface area contributed by atoms with Crippen molar-refractivity contribution in [3.8, 4) is 0 Å². The van der Waals surface area contributed by atoms with Gasteiger partial charge in [0, 0.05) is 31.7 Å². The number of ketones is 1. The van der Waals surface area contributed by atoms with E-state index in [9.17, 15) is 14.4 Å². The van der Waals surface area contributed by atoms with E-state index in [0.717, 1.165) is 6.54 Å². The highest BCUT2D eigenvalue weighted by Crippen LogP contribution is 2.27. The third kappa shape index (κ3) is 2.66. The highest BCUT2D eigenvalue weighted by Gasteiger charge is 2.48. The largest absolute Gasteiger partial charge is 0.332 e. The first-order valence-electron chi connectivity index (χ1n) is 7.61. The van der Waals surface area contributed by atoms with Gasteiger partial charge in [0.2, 0.25) is 0 Å². The second-order valence-electron chi connectivity index (χ2n) is 5.82. The van der Waals surface area contributed by atoms with E-state index < -0.39 is 6.04 Å². The van der Waals surface area contributed by atoms with Gasteiger partial charge in [-0.25, -0.2) is 9.69 Å². The van der Waals surface area contributed by atoms with Gasteiger partial charge in [-0.3, -0.25) is 14.5 Å². The molecule has 0 aliphatic carbocycles. The van der Waals surface area contributed by atoms with Gasteiger partial charge < -0.3 is 4.90 Å². The predicted molar refractivity (Wildman–Crippen MR) is 86.5 cm³/mol. The molecule has 2 fully saturated rings. The van der Waals surface area contributed by atoms with Gasteiger partial charge in [-0.1, -0.05) is 6.08 Å². The van der Waals surface area contributed by atoms with Crippen LogP contribution in [-0.2, 0) is 4.79 Å². The first-order valence-corrected chi connectivity index (χ1v) is 7.61. The van der Waals surface area contributed by atoms with E-state index in [1.165, 1.54) is 11.8 Å². The summed E-state index contributed by atoms with van der Waals surface area (Å²) in [6, 6.07) is 5.84. The number of hydrogen-bond donors (Lipinski definition) is 0. The Morgan fingerprint density at radius 2 is 1.96 bits per heavy atom. The Kier molecular flexibility index (Phi) is 4.00. The van der Waals surface area contributed by atoms with Crippen molar-refractivity contribution in [1.82, 2.24) is 9.80 Å². The number of fused-ring (bicyclic) bond motifs is 1. The van der Waals surface area contributed by atoms with Crippen LogP contribution in [0.2, 0.25) is 0 Å². The maximum atomic E-state index is 12.7. The Morgan fingerprint density at radius 3 is 2.57 bits per heavy atom. The van der Waals surface area contributed by atoms with Crippen LogP contribution >= 0.6 is 0 Å². The molecule has 2 aliphatic heterocycles. The molecule has 0 saturated carbocycles. The van der Waals surface area contributed by atoms with Crippen LogP contribution in [0.3, 0.4) is 0 Å². The lowest BCUT2D eigenvalue weighted by molar-refractivity contribution is -0.121. The van der Waals surface area contributed by atoms with Crippen molar-refractivity contribution in [2.75, 3.05) is 31.1 Å². The molecule has 0 spiro atoms. The number of hydrogen-bond acceptors (Lipinski definition) is 4. The number of urea groups is 1. The lowest BCUT2D eigenvalue weighted by atomic mass is 10.1. The van der Waals surface area contributed by atoms with Crippen LogP contribution in [0.1, 0.15) is 17.3 Å². The molecule has 1 unspecified atom stereocenters. The van der Waals surface area contributed by atoms with Crippen molar-refractivity contribution >= 4 is 23.4 Å². The number of piperazine rings is 1. The molecule has 0 aromatic heterocycles. The molecule has 6 heteroatoms. The van der Waals surface area contributed by atoms with Crippen molar-refractivity contribution in [2.45, 2.75) is 13.0 Å². The van der Waals surface area contributed by atoms with Gasteiger partial charge in [0.15, 0.2) is 5.78 Å². The van der Waals surface area contributed by atoms with Gasteiger partial charge in [0.05, 0.1) is 5.69 Å². The molecule has 0 N–H and O–H groups in total. The number of benzene rings is 1. The van der Waals surface area contributed by atoms with E-state index in [1.54, 1.807) is 35.2 Å². The highest BCUT2D eigenvalue weighted by molar-refractivity contribution is 6.21. The Balaban J connectivity index is 1.84. The second-order valence-corrected chi connectivity index (χ2v) is 5.82. The number of imide groups is 1. The molecule has 3 amide bonds. The molecule has 0 radical (unpaired) electrons. The Labute approximate surface area is 135 Å². The average Bonchev–Trinajstić information content (AvgIpc) is 2.79. The molecular formula is C17H19N3O3. The SMILES string of the molecule is C=CCN1CCN2C(=O)N(c3ccc(C(C)=O)cc3)C(=O)C2C1. The molecule has 3 rings (SSSR count). The van der Waals surface area contributed by atoms with E-state index in [2.05, 4.69) is 11.5 Å². The minimum atomic E-state index is -0.441. The Hall–Kier alpha value is -2.47. The summed E-state index contributed by atoms with van der Waals surface area (Å²) in [5.74, 6) is -0.257. The van der Waals surface area contributed by atoms with Crippen molar-refractivity contribution < 1.29 is 14.4 Å². The average molecular weight is 313 g/mol. The van der Waals surface area contributed by atoms with E-state index in [1.807, 2.05) is 0 Å². The van der Waals surface area contributed by atoms with Crippen molar-refractivity contribution in [2.24, 2.45) is 0 Å². The molecule has 6 nitrogen and oxygen atoms in total. The third-order valence-corrected chi connectivity index (χ3v) is 4.33. The fourth-order valence-electron chi connectivity index (χ4n) is 3.08. The van der Waals surface area contributed by atoms with Crippen molar-refractivity contribution in [3.05, 3.63) is 42.5 Å². The molecule has 1 atom stereocenters.